The maximum atomic E-state index is 14.1. The number of carbonyl (C=O) groups is 2. The van der Waals surface area contributed by atoms with Crippen LogP contribution in [0.3, 0.4) is 0 Å². The number of benzene rings is 3. The Hall–Kier alpha value is -3.94. The summed E-state index contributed by atoms with van der Waals surface area (Å²) in [5, 5.41) is 9.63. The molecule has 1 saturated carbocycles. The molecule has 0 atom stereocenters. The number of aromatic nitrogens is 1. The first kappa shape index (κ1) is 31.5. The van der Waals surface area contributed by atoms with Gasteiger partial charge in [0.1, 0.15) is 11.6 Å². The number of nitrogens with zero attached hydrogens (tertiary/aromatic N) is 1. The summed E-state index contributed by atoms with van der Waals surface area (Å²) in [5.74, 6) is -0.181. The van der Waals surface area contributed by atoms with Crippen molar-refractivity contribution in [2.45, 2.75) is 44.9 Å². The third kappa shape index (κ3) is 6.74. The Morgan fingerprint density at radius 3 is 2.41 bits per heavy atom. The number of hydrogen-bond donors (Lipinski definition) is 2. The number of rotatable bonds is 12. The van der Waals surface area contributed by atoms with Crippen molar-refractivity contribution < 1.29 is 23.8 Å². The van der Waals surface area contributed by atoms with Gasteiger partial charge in [0.05, 0.1) is 18.0 Å². The summed E-state index contributed by atoms with van der Waals surface area (Å²) in [5.41, 5.74) is 10.1. The molecular weight excluding hydrogens is 579 g/mol. The second-order valence-corrected chi connectivity index (χ2v) is 12.1. The molecule has 1 aliphatic carbocycles. The molecule has 1 heterocycles. The molecular formula is C36H38ClFN2O4. The van der Waals surface area contributed by atoms with Gasteiger partial charge in [-0.25, -0.2) is 4.39 Å². The van der Waals surface area contributed by atoms with Crippen molar-refractivity contribution in [3.8, 4) is 28.1 Å². The van der Waals surface area contributed by atoms with Gasteiger partial charge in [0.2, 0.25) is 5.91 Å². The van der Waals surface area contributed by atoms with Gasteiger partial charge in [-0.2, -0.15) is 0 Å². The molecule has 0 unspecified atom stereocenters. The number of amides is 1. The van der Waals surface area contributed by atoms with Gasteiger partial charge in [0.15, 0.2) is 5.78 Å². The van der Waals surface area contributed by atoms with Crippen LogP contribution in [-0.4, -0.2) is 34.6 Å². The highest BCUT2D eigenvalue weighted by atomic mass is 35.5. The van der Waals surface area contributed by atoms with E-state index in [0.717, 1.165) is 27.9 Å². The highest BCUT2D eigenvalue weighted by Crippen LogP contribution is 2.45. The van der Waals surface area contributed by atoms with Crippen LogP contribution in [0, 0.1) is 17.2 Å². The molecule has 1 aliphatic rings. The molecule has 4 aromatic rings. The molecule has 1 aromatic heterocycles. The predicted molar refractivity (Wildman–Crippen MR) is 171 cm³/mol. The number of aliphatic hydroxyl groups excluding tert-OH is 1. The first-order chi connectivity index (χ1) is 21.2. The standard InChI is InChI=1S/C36H38ClFN2O4/c1-40-32(34(42)26-15-18-36(19-16-26,35(39)43)17-14-24-6-4-7-27(38)22-24)23-30(29-8-2-3-9-31(29)37)33(40)25-10-12-28(13-11-25)44-21-5-20-41/h2-4,6-13,22-23,26,41H,5,14-21H2,1H3,(H2,39,43). The van der Waals surface area contributed by atoms with Crippen LogP contribution >= 0.6 is 11.6 Å². The minimum atomic E-state index is -0.716. The van der Waals surface area contributed by atoms with Crippen molar-refractivity contribution in [2.24, 2.45) is 24.1 Å². The molecule has 5 rings (SSSR count). The predicted octanol–water partition coefficient (Wildman–Crippen LogP) is 7.39. The molecule has 8 heteroatoms. The molecule has 3 N–H and O–H groups in total. The number of carbonyl (C=O) groups excluding carboxylic acids is 2. The van der Waals surface area contributed by atoms with Crippen LogP contribution < -0.4 is 10.5 Å². The summed E-state index contributed by atoms with van der Waals surface area (Å²) in [6.07, 6.45) is 3.75. The fourth-order valence-electron chi connectivity index (χ4n) is 6.37. The minimum Gasteiger partial charge on any atom is -0.494 e. The number of halogens is 2. The zero-order valence-electron chi connectivity index (χ0n) is 24.9. The van der Waals surface area contributed by atoms with Gasteiger partial charge in [-0.15, -0.1) is 0 Å². The normalized spacial score (nSPS) is 18.2. The van der Waals surface area contributed by atoms with Crippen molar-refractivity contribution in [2.75, 3.05) is 13.2 Å². The Balaban J connectivity index is 1.40. The molecule has 0 bridgehead atoms. The van der Waals surface area contributed by atoms with Crippen molar-refractivity contribution in [3.63, 3.8) is 0 Å². The number of aryl methyl sites for hydroxylation is 1. The summed E-state index contributed by atoms with van der Waals surface area (Å²) < 4.78 is 21.4. The van der Waals surface area contributed by atoms with Crippen molar-refractivity contribution in [1.29, 1.82) is 0 Å². The van der Waals surface area contributed by atoms with Gasteiger partial charge in [-0.05, 0) is 98.2 Å². The molecule has 230 valence electrons. The average Bonchev–Trinajstić information content (AvgIpc) is 3.37. The smallest absolute Gasteiger partial charge is 0.223 e. The Kier molecular flexibility index (Phi) is 9.87. The summed E-state index contributed by atoms with van der Waals surface area (Å²) >= 11 is 6.65. The van der Waals surface area contributed by atoms with Gasteiger partial charge < -0.3 is 20.1 Å². The lowest BCUT2D eigenvalue weighted by Gasteiger charge is -2.37. The van der Waals surface area contributed by atoms with E-state index < -0.39 is 5.41 Å². The molecule has 0 aliphatic heterocycles. The Morgan fingerprint density at radius 2 is 1.75 bits per heavy atom. The largest absolute Gasteiger partial charge is 0.494 e. The number of Topliss-reactive ketones (excluding diaryl/α,β-unsaturated/α-hetero) is 1. The lowest BCUT2D eigenvalue weighted by atomic mass is 9.66. The monoisotopic (exact) mass is 616 g/mol. The minimum absolute atomic E-state index is 0.0270. The first-order valence-electron chi connectivity index (χ1n) is 15.1. The molecule has 0 radical (unpaired) electrons. The van der Waals surface area contributed by atoms with E-state index in [9.17, 15) is 14.0 Å². The van der Waals surface area contributed by atoms with Gasteiger partial charge in [-0.3, -0.25) is 9.59 Å². The van der Waals surface area contributed by atoms with E-state index in [-0.39, 0.29) is 30.0 Å². The van der Waals surface area contributed by atoms with E-state index in [4.69, 9.17) is 27.2 Å². The molecule has 1 amide bonds. The fraction of sp³-hybridized carbons (Fsp3) is 0.333. The number of aliphatic hydroxyl groups is 1. The van der Waals surface area contributed by atoms with E-state index in [1.165, 1.54) is 12.1 Å². The third-order valence-corrected chi connectivity index (χ3v) is 9.30. The van der Waals surface area contributed by atoms with Crippen molar-refractivity contribution >= 4 is 23.3 Å². The fourth-order valence-corrected chi connectivity index (χ4v) is 6.61. The maximum Gasteiger partial charge on any atom is 0.223 e. The highest BCUT2D eigenvalue weighted by molar-refractivity contribution is 6.33. The van der Waals surface area contributed by atoms with Crippen LogP contribution in [0.25, 0.3) is 22.4 Å². The molecule has 6 nitrogen and oxygen atoms in total. The zero-order chi connectivity index (χ0) is 31.3. The van der Waals surface area contributed by atoms with Crippen LogP contribution in [0.1, 0.15) is 54.6 Å². The molecule has 0 spiro atoms. The number of primary amides is 1. The SMILES string of the molecule is Cn1c(C(=O)C2CCC(CCc3cccc(F)c3)(C(N)=O)CC2)cc(-c2ccccc2Cl)c1-c1ccc(OCCCO)cc1. The van der Waals surface area contributed by atoms with Crippen LogP contribution in [0.15, 0.2) is 78.9 Å². The van der Waals surface area contributed by atoms with E-state index in [1.807, 2.05) is 72.3 Å². The zero-order valence-corrected chi connectivity index (χ0v) is 25.7. The van der Waals surface area contributed by atoms with Gasteiger partial charge in [0, 0.05) is 47.6 Å². The van der Waals surface area contributed by atoms with Crippen molar-refractivity contribution in [1.82, 2.24) is 4.57 Å². The molecule has 1 fully saturated rings. The summed E-state index contributed by atoms with van der Waals surface area (Å²) in [7, 11) is 1.89. The van der Waals surface area contributed by atoms with Crippen LogP contribution in [-0.2, 0) is 18.3 Å². The quantitative estimate of drug-likeness (QED) is 0.128. The lowest BCUT2D eigenvalue weighted by molar-refractivity contribution is -0.130. The van der Waals surface area contributed by atoms with Gasteiger partial charge in [0.25, 0.3) is 0 Å². The number of hydrogen-bond acceptors (Lipinski definition) is 4. The highest BCUT2D eigenvalue weighted by Gasteiger charge is 2.42. The van der Waals surface area contributed by atoms with Crippen LogP contribution in [0.5, 0.6) is 5.75 Å². The Labute approximate surface area is 262 Å². The lowest BCUT2D eigenvalue weighted by Crippen LogP contribution is -2.42. The molecule has 44 heavy (non-hydrogen) atoms. The number of ether oxygens (including phenoxy) is 1. The second-order valence-electron chi connectivity index (χ2n) is 11.7. The number of ketones is 1. The molecule has 3 aromatic carbocycles. The van der Waals surface area contributed by atoms with E-state index in [1.54, 1.807) is 6.07 Å². The summed E-state index contributed by atoms with van der Waals surface area (Å²) in [6, 6.07) is 23.6. The Bertz CT molecular complexity index is 1620. The van der Waals surface area contributed by atoms with E-state index >= 15 is 0 Å². The molecule has 0 saturated heterocycles. The van der Waals surface area contributed by atoms with Gasteiger partial charge in [-0.1, -0.05) is 41.9 Å². The summed E-state index contributed by atoms with van der Waals surface area (Å²) in [4.78, 5) is 26.8. The van der Waals surface area contributed by atoms with E-state index in [2.05, 4.69) is 0 Å². The third-order valence-electron chi connectivity index (χ3n) is 8.97. The Morgan fingerprint density at radius 1 is 1.02 bits per heavy atom. The second kappa shape index (κ2) is 13.8. The van der Waals surface area contributed by atoms with Gasteiger partial charge >= 0.3 is 0 Å². The van der Waals surface area contributed by atoms with E-state index in [0.29, 0.717) is 68.0 Å². The van der Waals surface area contributed by atoms with Crippen LogP contribution in [0.4, 0.5) is 4.39 Å². The number of nitrogens with two attached hydrogens (primary N) is 1. The summed E-state index contributed by atoms with van der Waals surface area (Å²) in [6.45, 7) is 0.492. The van der Waals surface area contributed by atoms with Crippen molar-refractivity contribution in [3.05, 3.63) is 101 Å². The van der Waals surface area contributed by atoms with Crippen LogP contribution in [0.2, 0.25) is 5.02 Å². The average molecular weight is 617 g/mol. The topological polar surface area (TPSA) is 94.6 Å². The first-order valence-corrected chi connectivity index (χ1v) is 15.5. The maximum absolute atomic E-state index is 14.1.